The third-order valence-electron chi connectivity index (χ3n) is 2.01. The lowest BCUT2D eigenvalue weighted by Gasteiger charge is -2.12. The van der Waals surface area contributed by atoms with Crippen molar-refractivity contribution in [1.82, 2.24) is 0 Å². The fraction of sp³-hybridized carbons (Fsp3) is 0.167. The number of benzene rings is 1. The summed E-state index contributed by atoms with van der Waals surface area (Å²) in [6, 6.07) is 2.89. The maximum Gasteiger partial charge on any atom is 0.341 e. The third-order valence-corrected chi connectivity index (χ3v) is 2.23. The molecule has 6 nitrogen and oxygen atoms in total. The zero-order valence-electron chi connectivity index (χ0n) is 9.92. The highest BCUT2D eigenvalue weighted by atomic mass is 35.5. The number of hydrogen-bond donors (Lipinski definition) is 2. The number of hydrogen-bond acceptors (Lipinski definition) is 4. The Kier molecular flexibility index (Phi) is 5.20. The predicted molar refractivity (Wildman–Crippen MR) is 67.8 cm³/mol. The molecule has 0 fully saturated rings. The minimum atomic E-state index is -1.16. The monoisotopic (exact) mass is 286 g/mol. The third kappa shape index (κ3) is 4.51. The molecule has 0 aliphatic carbocycles. The van der Waals surface area contributed by atoms with Crippen LogP contribution in [0, 0.1) is 0 Å². The molecule has 0 atom stereocenters. The van der Waals surface area contributed by atoms with Gasteiger partial charge in [0.05, 0.1) is 7.11 Å². The maximum absolute atomic E-state index is 10.5. The molecule has 0 aliphatic heterocycles. The smallest absolute Gasteiger partial charge is 0.341 e. The molecule has 0 unspecified atom stereocenters. The summed E-state index contributed by atoms with van der Waals surface area (Å²) in [6.07, 6.45) is 2.13. The molecule has 1 rings (SSSR count). The van der Waals surface area contributed by atoms with Crippen LogP contribution in [-0.4, -0.2) is 35.9 Å². The van der Waals surface area contributed by atoms with E-state index in [1.807, 2.05) is 0 Å². The molecule has 0 saturated carbocycles. The standard InChI is InChI=1S/C12H11ClO6/c1-18-9-5-8(13)4-7(2-3-10(14)15)12(9)19-6-11(16)17/h2-5H,6H2,1H3,(H,14,15)(H,16,17)/b3-2+. The predicted octanol–water partition coefficient (Wildman–Crippen LogP) is 1.91. The largest absolute Gasteiger partial charge is 0.493 e. The normalized spacial score (nSPS) is 10.4. The zero-order chi connectivity index (χ0) is 14.4. The first kappa shape index (κ1) is 14.8. The number of carboxylic acid groups (broad SMARTS) is 2. The van der Waals surface area contributed by atoms with E-state index in [1.54, 1.807) is 0 Å². The number of carbonyl (C=O) groups is 2. The van der Waals surface area contributed by atoms with E-state index in [9.17, 15) is 9.59 Å². The average molecular weight is 287 g/mol. The molecule has 0 aromatic heterocycles. The highest BCUT2D eigenvalue weighted by Gasteiger charge is 2.13. The summed E-state index contributed by atoms with van der Waals surface area (Å²) >= 11 is 5.85. The second kappa shape index (κ2) is 6.65. The molecule has 2 N–H and O–H groups in total. The second-order valence-corrected chi connectivity index (χ2v) is 3.82. The Labute approximate surface area is 113 Å². The fourth-order valence-corrected chi connectivity index (χ4v) is 1.53. The molecule has 0 radical (unpaired) electrons. The Balaban J connectivity index is 3.20. The van der Waals surface area contributed by atoms with Crippen LogP contribution in [0.5, 0.6) is 11.5 Å². The van der Waals surface area contributed by atoms with E-state index in [2.05, 4.69) is 0 Å². The molecule has 7 heteroatoms. The van der Waals surface area contributed by atoms with Crippen molar-refractivity contribution in [2.24, 2.45) is 0 Å². The van der Waals surface area contributed by atoms with Crippen LogP contribution < -0.4 is 9.47 Å². The SMILES string of the molecule is COc1cc(Cl)cc(/C=C/C(=O)O)c1OCC(=O)O. The van der Waals surface area contributed by atoms with Gasteiger partial charge in [-0.25, -0.2) is 9.59 Å². The highest BCUT2D eigenvalue weighted by Crippen LogP contribution is 2.35. The maximum atomic E-state index is 10.5. The highest BCUT2D eigenvalue weighted by molar-refractivity contribution is 6.31. The van der Waals surface area contributed by atoms with Gasteiger partial charge in [0, 0.05) is 22.7 Å². The lowest BCUT2D eigenvalue weighted by molar-refractivity contribution is -0.139. The first-order valence-electron chi connectivity index (χ1n) is 5.07. The molecular weight excluding hydrogens is 276 g/mol. The van der Waals surface area contributed by atoms with E-state index in [0.717, 1.165) is 6.08 Å². The molecule has 0 bridgehead atoms. The summed E-state index contributed by atoms with van der Waals surface area (Å²) < 4.78 is 10.1. The van der Waals surface area contributed by atoms with Gasteiger partial charge in [0.1, 0.15) is 0 Å². The van der Waals surface area contributed by atoms with E-state index in [1.165, 1.54) is 25.3 Å². The number of halogens is 1. The van der Waals surface area contributed by atoms with E-state index in [4.69, 9.17) is 31.3 Å². The molecule has 0 spiro atoms. The average Bonchev–Trinajstić information content (AvgIpc) is 2.33. The number of methoxy groups -OCH3 is 1. The van der Waals surface area contributed by atoms with Crippen molar-refractivity contribution in [2.45, 2.75) is 0 Å². The molecular formula is C12H11ClO6. The topological polar surface area (TPSA) is 93.1 Å². The number of rotatable bonds is 6. The van der Waals surface area contributed by atoms with Crippen molar-refractivity contribution >= 4 is 29.6 Å². The van der Waals surface area contributed by atoms with Crippen molar-refractivity contribution in [2.75, 3.05) is 13.7 Å². The number of aliphatic carboxylic acids is 2. The second-order valence-electron chi connectivity index (χ2n) is 3.38. The van der Waals surface area contributed by atoms with Crippen molar-refractivity contribution in [3.63, 3.8) is 0 Å². The van der Waals surface area contributed by atoms with Gasteiger partial charge >= 0.3 is 11.9 Å². The van der Waals surface area contributed by atoms with Gasteiger partial charge < -0.3 is 19.7 Å². The van der Waals surface area contributed by atoms with E-state index in [0.29, 0.717) is 10.6 Å². The van der Waals surface area contributed by atoms with Gasteiger partial charge in [0.15, 0.2) is 18.1 Å². The molecule has 1 aromatic carbocycles. The minimum absolute atomic E-state index is 0.117. The van der Waals surface area contributed by atoms with Gasteiger partial charge in [-0.05, 0) is 12.1 Å². The lowest BCUT2D eigenvalue weighted by atomic mass is 10.1. The summed E-state index contributed by atoms with van der Waals surface area (Å²) in [5.41, 5.74) is 0.313. The Hall–Kier alpha value is -2.21. The molecule has 19 heavy (non-hydrogen) atoms. The van der Waals surface area contributed by atoms with Crippen LogP contribution in [0.25, 0.3) is 6.08 Å². The zero-order valence-corrected chi connectivity index (χ0v) is 10.7. The van der Waals surface area contributed by atoms with Crippen LogP contribution in [0.1, 0.15) is 5.56 Å². The summed E-state index contributed by atoms with van der Waals surface area (Å²) in [5, 5.41) is 17.5. The Morgan fingerprint density at radius 2 is 2.05 bits per heavy atom. The van der Waals surface area contributed by atoms with Crippen molar-refractivity contribution in [1.29, 1.82) is 0 Å². The van der Waals surface area contributed by atoms with Crippen LogP contribution in [0.15, 0.2) is 18.2 Å². The van der Waals surface area contributed by atoms with Crippen LogP contribution in [0.2, 0.25) is 5.02 Å². The van der Waals surface area contributed by atoms with Crippen LogP contribution >= 0.6 is 11.6 Å². The lowest BCUT2D eigenvalue weighted by Crippen LogP contribution is -2.10. The van der Waals surface area contributed by atoms with E-state index >= 15 is 0 Å². The summed E-state index contributed by atoms with van der Waals surface area (Å²) in [5.74, 6) is -1.97. The van der Waals surface area contributed by atoms with Gasteiger partial charge in [-0.1, -0.05) is 11.6 Å². The molecule has 0 aliphatic rings. The van der Waals surface area contributed by atoms with Crippen molar-refractivity contribution in [3.8, 4) is 11.5 Å². The van der Waals surface area contributed by atoms with Gasteiger partial charge in [0.2, 0.25) is 0 Å². The van der Waals surface area contributed by atoms with Crippen molar-refractivity contribution < 1.29 is 29.3 Å². The van der Waals surface area contributed by atoms with E-state index < -0.39 is 18.5 Å². The van der Waals surface area contributed by atoms with Crippen LogP contribution in [0.4, 0.5) is 0 Å². The Bertz CT molecular complexity index is 523. The molecule has 0 heterocycles. The molecule has 0 saturated heterocycles. The number of carboxylic acids is 2. The van der Waals surface area contributed by atoms with Gasteiger partial charge in [-0.3, -0.25) is 0 Å². The number of ether oxygens (including phenoxy) is 2. The minimum Gasteiger partial charge on any atom is -0.493 e. The van der Waals surface area contributed by atoms with E-state index in [-0.39, 0.29) is 11.5 Å². The Morgan fingerprint density at radius 3 is 2.58 bits per heavy atom. The quantitative estimate of drug-likeness (QED) is 0.776. The molecule has 102 valence electrons. The summed E-state index contributed by atoms with van der Waals surface area (Å²) in [7, 11) is 1.37. The first-order valence-corrected chi connectivity index (χ1v) is 5.45. The van der Waals surface area contributed by atoms with Gasteiger partial charge in [0.25, 0.3) is 0 Å². The van der Waals surface area contributed by atoms with Gasteiger partial charge in [-0.15, -0.1) is 0 Å². The Morgan fingerprint density at radius 1 is 1.37 bits per heavy atom. The van der Waals surface area contributed by atoms with Crippen molar-refractivity contribution in [3.05, 3.63) is 28.8 Å². The molecule has 0 amide bonds. The fourth-order valence-electron chi connectivity index (χ4n) is 1.31. The van der Waals surface area contributed by atoms with Crippen LogP contribution in [0.3, 0.4) is 0 Å². The molecule has 1 aromatic rings. The summed E-state index contributed by atoms with van der Waals surface area (Å²) in [4.78, 5) is 21.0. The van der Waals surface area contributed by atoms with Gasteiger partial charge in [-0.2, -0.15) is 0 Å². The van der Waals surface area contributed by atoms with Crippen LogP contribution in [-0.2, 0) is 9.59 Å². The first-order chi connectivity index (χ1) is 8.93. The summed E-state index contributed by atoms with van der Waals surface area (Å²) in [6.45, 7) is -0.577.